The molecule has 8 nitrogen and oxygen atoms in total. The number of aromatic nitrogens is 1. The molecule has 1 atom stereocenters. The van der Waals surface area contributed by atoms with Gasteiger partial charge in [0.1, 0.15) is 28.8 Å². The first-order valence-electron chi connectivity index (χ1n) is 13.1. The van der Waals surface area contributed by atoms with Crippen molar-refractivity contribution in [1.29, 1.82) is 5.41 Å². The first kappa shape index (κ1) is 30.3. The number of benzene rings is 3. The third kappa shape index (κ3) is 6.14. The number of aryl methyl sites for hydroxylation is 1. The molecule has 12 heteroatoms. The number of anilines is 1. The molecule has 218 valence electrons. The number of fused-ring (bicyclic) bond motifs is 1. The molecule has 1 aliphatic heterocycles. The number of hydrogen-bond acceptors (Lipinski definition) is 7. The van der Waals surface area contributed by atoms with E-state index < -0.39 is 22.0 Å². The van der Waals surface area contributed by atoms with Gasteiger partial charge in [-0.1, -0.05) is 53.5 Å². The minimum atomic E-state index is -4.17. The van der Waals surface area contributed by atoms with Crippen molar-refractivity contribution in [1.82, 2.24) is 9.29 Å². The summed E-state index contributed by atoms with van der Waals surface area (Å²) in [7, 11) is -4.17. The molecule has 1 aromatic heterocycles. The molecule has 0 spiro atoms. The number of sulfonamides is 1. The highest BCUT2D eigenvalue weighted by Crippen LogP contribution is 2.36. The predicted molar refractivity (Wildman–Crippen MR) is 170 cm³/mol. The second-order valence-electron chi connectivity index (χ2n) is 9.78. The Morgan fingerprint density at radius 1 is 1.14 bits per heavy atom. The molecular weight excluding hydrogens is 615 g/mol. The van der Waals surface area contributed by atoms with Gasteiger partial charge in [0.05, 0.1) is 10.1 Å². The monoisotopic (exact) mass is 642 g/mol. The number of amides is 1. The molecule has 3 aromatic carbocycles. The first-order chi connectivity index (χ1) is 20.1. The van der Waals surface area contributed by atoms with Crippen molar-refractivity contribution in [2.75, 3.05) is 18.1 Å². The zero-order chi connectivity index (χ0) is 30.0. The van der Waals surface area contributed by atoms with Crippen LogP contribution in [0.25, 0.3) is 10.9 Å². The molecule has 0 saturated carbocycles. The molecule has 4 aromatic rings. The van der Waals surface area contributed by atoms with E-state index in [2.05, 4.69) is 10.3 Å². The Labute approximate surface area is 258 Å². The third-order valence-corrected chi connectivity index (χ3v) is 10.5. The number of carbonyl (C=O) groups is 1. The second kappa shape index (κ2) is 12.6. The van der Waals surface area contributed by atoms with Crippen LogP contribution in [0.1, 0.15) is 29.7 Å². The molecule has 0 aliphatic carbocycles. The highest BCUT2D eigenvalue weighted by molar-refractivity contribution is 8.13. The topological polar surface area (TPSA) is 112 Å². The van der Waals surface area contributed by atoms with Crippen molar-refractivity contribution >= 4 is 72.5 Å². The van der Waals surface area contributed by atoms with E-state index in [0.29, 0.717) is 46.0 Å². The Bertz CT molecular complexity index is 1800. The van der Waals surface area contributed by atoms with Crippen molar-refractivity contribution in [3.8, 4) is 5.75 Å². The molecule has 1 unspecified atom stereocenters. The van der Waals surface area contributed by atoms with Gasteiger partial charge in [0, 0.05) is 39.5 Å². The van der Waals surface area contributed by atoms with Crippen molar-refractivity contribution < 1.29 is 17.9 Å². The molecule has 1 saturated heterocycles. The van der Waals surface area contributed by atoms with Gasteiger partial charge in [-0.05, 0) is 62.4 Å². The van der Waals surface area contributed by atoms with Crippen LogP contribution in [0.3, 0.4) is 0 Å². The molecule has 2 heterocycles. The van der Waals surface area contributed by atoms with Gasteiger partial charge < -0.3 is 10.1 Å². The lowest BCUT2D eigenvalue weighted by Gasteiger charge is -2.24. The minimum Gasteiger partial charge on any atom is -0.487 e. The van der Waals surface area contributed by atoms with Crippen LogP contribution in [0.4, 0.5) is 5.69 Å². The molecule has 5 rings (SSSR count). The van der Waals surface area contributed by atoms with Crippen molar-refractivity contribution in [2.45, 2.75) is 37.3 Å². The van der Waals surface area contributed by atoms with Crippen LogP contribution in [0, 0.1) is 12.3 Å². The minimum absolute atomic E-state index is 0.0544. The summed E-state index contributed by atoms with van der Waals surface area (Å²) in [5.41, 5.74) is 2.97. The van der Waals surface area contributed by atoms with E-state index >= 15 is 0 Å². The normalized spacial score (nSPS) is 15.6. The second-order valence-corrected chi connectivity index (χ2v) is 13.2. The smallest absolute Gasteiger partial charge is 0.245 e. The van der Waals surface area contributed by atoms with Crippen LogP contribution in [0.2, 0.25) is 10.0 Å². The fourth-order valence-corrected chi connectivity index (χ4v) is 7.77. The predicted octanol–water partition coefficient (Wildman–Crippen LogP) is 6.91. The van der Waals surface area contributed by atoms with Gasteiger partial charge >= 0.3 is 0 Å². The summed E-state index contributed by atoms with van der Waals surface area (Å²) in [6, 6.07) is 18.3. The Morgan fingerprint density at radius 2 is 1.93 bits per heavy atom. The van der Waals surface area contributed by atoms with E-state index in [4.69, 9.17) is 33.3 Å². The standard InChI is InChI=1S/C30H28Cl2N4O4S2/c1-18-11-12-19-6-4-10-25(28(19)34-18)40-17-22-23(31)13-14-26(27(22)32)42(38,39)36-15-5-9-24(36)30(37)35-21-8-3-7-20(16-21)29(33)41-2/h3-4,6-8,10-14,16,24,33H,5,9,15,17H2,1-2H3,(H,35,37). The highest BCUT2D eigenvalue weighted by Gasteiger charge is 2.40. The molecule has 0 radical (unpaired) electrons. The largest absolute Gasteiger partial charge is 0.487 e. The number of thioether (sulfide) groups is 1. The number of halogens is 2. The fraction of sp³-hybridized carbons (Fsp3) is 0.233. The number of rotatable bonds is 8. The Balaban J connectivity index is 1.39. The zero-order valence-electron chi connectivity index (χ0n) is 22.9. The van der Waals surface area contributed by atoms with Gasteiger partial charge in [-0.15, -0.1) is 11.8 Å². The lowest BCUT2D eigenvalue weighted by molar-refractivity contribution is -0.119. The number of para-hydroxylation sites is 1. The summed E-state index contributed by atoms with van der Waals surface area (Å²) in [4.78, 5) is 17.7. The fourth-order valence-electron chi connectivity index (χ4n) is 4.89. The van der Waals surface area contributed by atoms with E-state index in [9.17, 15) is 13.2 Å². The summed E-state index contributed by atoms with van der Waals surface area (Å²) < 4.78 is 35.0. The molecule has 2 N–H and O–H groups in total. The number of pyridine rings is 1. The van der Waals surface area contributed by atoms with Crippen LogP contribution >= 0.6 is 35.0 Å². The van der Waals surface area contributed by atoms with Crippen molar-refractivity contribution in [3.05, 3.63) is 93.6 Å². The van der Waals surface area contributed by atoms with Gasteiger partial charge in [-0.2, -0.15) is 4.31 Å². The summed E-state index contributed by atoms with van der Waals surface area (Å²) in [6.07, 6.45) is 2.68. The SMILES string of the molecule is CSC(=N)c1cccc(NC(=O)C2CCCN2S(=O)(=O)c2ccc(Cl)c(COc3cccc4ccc(C)nc34)c2Cl)c1. The summed E-state index contributed by atoms with van der Waals surface area (Å²) in [5.74, 6) is 0.0703. The quantitative estimate of drug-likeness (QED) is 0.160. The van der Waals surface area contributed by atoms with E-state index in [1.807, 2.05) is 31.2 Å². The maximum absolute atomic E-state index is 13.9. The van der Waals surface area contributed by atoms with Gasteiger partial charge in [0.25, 0.3) is 0 Å². The molecule has 1 amide bonds. The number of ether oxygens (including phenoxy) is 1. The number of carbonyl (C=O) groups excluding carboxylic acids is 1. The van der Waals surface area contributed by atoms with Gasteiger partial charge in [-0.25, -0.2) is 13.4 Å². The molecular formula is C30H28Cl2N4O4S2. The van der Waals surface area contributed by atoms with Gasteiger partial charge in [-0.3, -0.25) is 10.2 Å². The van der Waals surface area contributed by atoms with E-state index in [1.165, 1.54) is 28.2 Å². The van der Waals surface area contributed by atoms with Crippen LogP contribution in [-0.4, -0.2) is 47.5 Å². The van der Waals surface area contributed by atoms with Crippen molar-refractivity contribution in [3.63, 3.8) is 0 Å². The first-order valence-corrected chi connectivity index (χ1v) is 16.5. The Hall–Kier alpha value is -3.15. The Morgan fingerprint density at radius 3 is 2.71 bits per heavy atom. The molecule has 42 heavy (non-hydrogen) atoms. The lowest BCUT2D eigenvalue weighted by Crippen LogP contribution is -2.43. The highest BCUT2D eigenvalue weighted by atomic mass is 35.5. The Kier molecular flexibility index (Phi) is 9.10. The molecule has 0 bridgehead atoms. The van der Waals surface area contributed by atoms with Crippen molar-refractivity contribution in [2.24, 2.45) is 0 Å². The molecule has 1 fully saturated rings. The maximum atomic E-state index is 13.9. The molecule has 1 aliphatic rings. The number of nitrogens with one attached hydrogen (secondary N) is 2. The average molecular weight is 644 g/mol. The number of nitrogens with zero attached hydrogens (tertiary/aromatic N) is 2. The van der Waals surface area contributed by atoms with Crippen LogP contribution in [-0.2, 0) is 21.4 Å². The third-order valence-electron chi connectivity index (χ3n) is 7.03. The number of hydrogen-bond donors (Lipinski definition) is 2. The summed E-state index contributed by atoms with van der Waals surface area (Å²) in [5, 5.41) is 12.3. The lowest BCUT2D eigenvalue weighted by atomic mass is 10.2. The summed E-state index contributed by atoms with van der Waals surface area (Å²) in [6.45, 7) is 1.98. The maximum Gasteiger partial charge on any atom is 0.245 e. The zero-order valence-corrected chi connectivity index (χ0v) is 26.0. The van der Waals surface area contributed by atoms with E-state index in [-0.39, 0.29) is 28.1 Å². The summed E-state index contributed by atoms with van der Waals surface area (Å²) >= 11 is 14.5. The average Bonchev–Trinajstić information content (AvgIpc) is 3.48. The van der Waals surface area contributed by atoms with E-state index in [0.717, 1.165) is 11.1 Å². The van der Waals surface area contributed by atoms with E-state index in [1.54, 1.807) is 36.6 Å². The van der Waals surface area contributed by atoms with Crippen LogP contribution in [0.5, 0.6) is 5.75 Å². The van der Waals surface area contributed by atoms with Gasteiger partial charge in [0.15, 0.2) is 0 Å². The van der Waals surface area contributed by atoms with Crippen LogP contribution < -0.4 is 10.1 Å². The van der Waals surface area contributed by atoms with Crippen LogP contribution in [0.15, 0.2) is 71.6 Å². The van der Waals surface area contributed by atoms with Gasteiger partial charge in [0.2, 0.25) is 15.9 Å².